The van der Waals surface area contributed by atoms with Crippen molar-refractivity contribution in [1.29, 1.82) is 0 Å². The van der Waals surface area contributed by atoms with Crippen molar-refractivity contribution in [3.8, 4) is 0 Å². The molecule has 0 amide bonds. The van der Waals surface area contributed by atoms with E-state index in [1.807, 2.05) is 0 Å². The van der Waals surface area contributed by atoms with Gasteiger partial charge in [-0.3, -0.25) is 9.59 Å². The molecule has 0 aliphatic heterocycles. The Bertz CT molecular complexity index is 249. The van der Waals surface area contributed by atoms with Crippen molar-refractivity contribution in [3.05, 3.63) is 0 Å². The Labute approximate surface area is 75.6 Å². The zero-order valence-electron chi connectivity index (χ0n) is 7.25. The summed E-state index contributed by atoms with van der Waals surface area (Å²) >= 11 is 0. The highest BCUT2D eigenvalue weighted by molar-refractivity contribution is 5.84. The van der Waals surface area contributed by atoms with Gasteiger partial charge in [-0.1, -0.05) is 6.42 Å². The van der Waals surface area contributed by atoms with E-state index in [0.29, 0.717) is 25.7 Å². The van der Waals surface area contributed by atoms with Crippen LogP contribution in [0.3, 0.4) is 0 Å². The molecule has 0 unspecified atom stereocenters. The summed E-state index contributed by atoms with van der Waals surface area (Å²) in [6.45, 7) is 0. The Morgan fingerprint density at radius 2 is 1.31 bits per heavy atom. The first-order valence-electron chi connectivity index (χ1n) is 4.48. The number of rotatable bonds is 2. The quantitative estimate of drug-likeness (QED) is 0.674. The average Bonchev–Trinajstić information content (AvgIpc) is 2.02. The maximum atomic E-state index is 10.9. The molecule has 0 spiro atoms. The fourth-order valence-corrected chi connectivity index (χ4v) is 2.88. The van der Waals surface area contributed by atoms with Crippen molar-refractivity contribution in [2.75, 3.05) is 0 Å². The van der Waals surface area contributed by atoms with Crippen LogP contribution in [0.5, 0.6) is 0 Å². The van der Waals surface area contributed by atoms with Gasteiger partial charge < -0.3 is 10.2 Å². The van der Waals surface area contributed by atoms with Gasteiger partial charge in [0.2, 0.25) is 0 Å². The van der Waals surface area contributed by atoms with Crippen LogP contribution in [0.4, 0.5) is 0 Å². The summed E-state index contributed by atoms with van der Waals surface area (Å²) in [6, 6.07) is 0. The maximum Gasteiger partial charge on any atom is 0.309 e. The van der Waals surface area contributed by atoms with Crippen molar-refractivity contribution in [2.24, 2.45) is 10.8 Å². The highest BCUT2D eigenvalue weighted by Crippen LogP contribution is 2.63. The Morgan fingerprint density at radius 1 is 0.923 bits per heavy atom. The third-order valence-corrected chi connectivity index (χ3v) is 3.57. The molecule has 4 nitrogen and oxygen atoms in total. The minimum atomic E-state index is -0.816. The van der Waals surface area contributed by atoms with E-state index in [9.17, 15) is 9.59 Å². The van der Waals surface area contributed by atoms with Gasteiger partial charge in [0.15, 0.2) is 0 Å². The monoisotopic (exact) mass is 184 g/mol. The van der Waals surface area contributed by atoms with Gasteiger partial charge in [0.1, 0.15) is 0 Å². The molecule has 3 aliphatic rings. The first-order valence-corrected chi connectivity index (χ1v) is 4.48. The number of carboxylic acid groups (broad SMARTS) is 2. The number of aliphatic carboxylic acids is 2. The van der Waals surface area contributed by atoms with Gasteiger partial charge in [0.25, 0.3) is 0 Å². The molecule has 0 aromatic rings. The first kappa shape index (κ1) is 8.53. The van der Waals surface area contributed by atoms with Crippen LogP contribution in [0, 0.1) is 10.8 Å². The first-order chi connectivity index (χ1) is 6.01. The lowest BCUT2D eigenvalue weighted by Crippen LogP contribution is -2.58. The second kappa shape index (κ2) is 2.25. The minimum Gasteiger partial charge on any atom is -0.481 e. The molecule has 0 atom stereocenters. The van der Waals surface area contributed by atoms with Crippen LogP contribution in [0.2, 0.25) is 0 Å². The summed E-state index contributed by atoms with van der Waals surface area (Å²) in [6.07, 6.45) is 2.71. The predicted octanol–water partition coefficient (Wildman–Crippen LogP) is 1.11. The largest absolute Gasteiger partial charge is 0.481 e. The number of carbonyl (C=O) groups is 2. The summed E-state index contributed by atoms with van der Waals surface area (Å²) in [7, 11) is 0. The van der Waals surface area contributed by atoms with Crippen molar-refractivity contribution in [1.82, 2.24) is 0 Å². The van der Waals surface area contributed by atoms with E-state index >= 15 is 0 Å². The summed E-state index contributed by atoms with van der Waals surface area (Å²) in [5.41, 5.74) is -1.40. The lowest BCUT2D eigenvalue weighted by molar-refractivity contribution is -0.190. The van der Waals surface area contributed by atoms with E-state index in [2.05, 4.69) is 0 Å². The lowest BCUT2D eigenvalue weighted by atomic mass is 9.46. The Kier molecular flexibility index (Phi) is 1.47. The molecule has 0 radical (unpaired) electrons. The number of hydrogen-bond acceptors (Lipinski definition) is 2. The summed E-state index contributed by atoms with van der Waals surface area (Å²) < 4.78 is 0. The summed E-state index contributed by atoms with van der Waals surface area (Å²) in [5.74, 6) is -1.63. The van der Waals surface area contributed by atoms with E-state index in [0.717, 1.165) is 6.42 Å². The highest BCUT2D eigenvalue weighted by atomic mass is 16.4. The molecular formula is C9H12O4. The molecule has 3 rings (SSSR count). The topological polar surface area (TPSA) is 74.6 Å². The third-order valence-electron chi connectivity index (χ3n) is 3.57. The molecule has 3 saturated carbocycles. The molecule has 0 saturated heterocycles. The van der Waals surface area contributed by atoms with E-state index in [-0.39, 0.29) is 0 Å². The average molecular weight is 184 g/mol. The Balaban J connectivity index is 2.20. The lowest BCUT2D eigenvalue weighted by Gasteiger charge is -2.55. The molecule has 2 bridgehead atoms. The molecule has 72 valence electrons. The van der Waals surface area contributed by atoms with Crippen molar-refractivity contribution < 1.29 is 19.8 Å². The number of fused-ring (bicyclic) bond motifs is 2. The van der Waals surface area contributed by atoms with Crippen LogP contribution in [0.1, 0.15) is 32.1 Å². The number of carboxylic acids is 2. The molecule has 3 fully saturated rings. The van der Waals surface area contributed by atoms with Gasteiger partial charge in [-0.2, -0.15) is 0 Å². The van der Waals surface area contributed by atoms with Crippen LogP contribution >= 0.6 is 0 Å². The van der Waals surface area contributed by atoms with Crippen molar-refractivity contribution >= 4 is 11.9 Å². The van der Waals surface area contributed by atoms with Gasteiger partial charge in [0.05, 0.1) is 10.8 Å². The third kappa shape index (κ3) is 0.913. The van der Waals surface area contributed by atoms with Crippen molar-refractivity contribution in [2.45, 2.75) is 32.1 Å². The van der Waals surface area contributed by atoms with Crippen LogP contribution in [-0.4, -0.2) is 22.2 Å². The molecule has 0 heterocycles. The van der Waals surface area contributed by atoms with Gasteiger partial charge >= 0.3 is 11.9 Å². The Hall–Kier alpha value is -1.06. The van der Waals surface area contributed by atoms with E-state index in [1.165, 1.54) is 0 Å². The smallest absolute Gasteiger partial charge is 0.309 e. The van der Waals surface area contributed by atoms with E-state index < -0.39 is 22.8 Å². The molecule has 13 heavy (non-hydrogen) atoms. The van der Waals surface area contributed by atoms with Gasteiger partial charge in [-0.15, -0.1) is 0 Å². The molecule has 2 N–H and O–H groups in total. The molecular weight excluding hydrogens is 172 g/mol. The van der Waals surface area contributed by atoms with E-state index in [1.54, 1.807) is 0 Å². The van der Waals surface area contributed by atoms with Crippen LogP contribution in [-0.2, 0) is 9.59 Å². The second-order valence-corrected chi connectivity index (χ2v) is 4.38. The molecule has 3 aliphatic carbocycles. The van der Waals surface area contributed by atoms with Crippen LogP contribution in [0.25, 0.3) is 0 Å². The van der Waals surface area contributed by atoms with Crippen LogP contribution < -0.4 is 0 Å². The zero-order chi connectivity index (χ0) is 9.69. The van der Waals surface area contributed by atoms with Crippen molar-refractivity contribution in [3.63, 3.8) is 0 Å². The van der Waals surface area contributed by atoms with Crippen LogP contribution in [0.15, 0.2) is 0 Å². The Morgan fingerprint density at radius 3 is 1.62 bits per heavy atom. The zero-order valence-corrected chi connectivity index (χ0v) is 7.25. The standard InChI is InChI=1S/C9H12O4/c10-6(11)8-2-1-3-9(4-8,5-8)7(12)13/h1-5H2,(H,10,11)(H,12,13). The number of hydrogen-bond donors (Lipinski definition) is 2. The summed E-state index contributed by atoms with van der Waals surface area (Å²) in [5, 5.41) is 17.9. The predicted molar refractivity (Wildman–Crippen MR) is 43.2 cm³/mol. The fourth-order valence-electron chi connectivity index (χ4n) is 2.88. The van der Waals surface area contributed by atoms with Gasteiger partial charge in [-0.05, 0) is 25.7 Å². The second-order valence-electron chi connectivity index (χ2n) is 4.38. The molecule has 4 heteroatoms. The highest BCUT2D eigenvalue weighted by Gasteiger charge is 2.64. The van der Waals surface area contributed by atoms with Gasteiger partial charge in [-0.25, -0.2) is 0 Å². The minimum absolute atomic E-state index is 0.338. The summed E-state index contributed by atoms with van der Waals surface area (Å²) in [4.78, 5) is 21.8. The maximum absolute atomic E-state index is 10.9. The van der Waals surface area contributed by atoms with Gasteiger partial charge in [0, 0.05) is 0 Å². The SMILES string of the molecule is O=C(O)C12CCCC(C(=O)O)(C1)C2. The van der Waals surface area contributed by atoms with E-state index in [4.69, 9.17) is 10.2 Å². The molecule has 0 aromatic heterocycles. The normalized spacial score (nSPS) is 42.2. The fraction of sp³-hybridized carbons (Fsp3) is 0.778. The molecule has 0 aromatic carbocycles.